The van der Waals surface area contributed by atoms with Gasteiger partial charge in [-0.25, -0.2) is 4.68 Å². The van der Waals surface area contributed by atoms with E-state index in [4.69, 9.17) is 17.3 Å². The first-order valence-electron chi connectivity index (χ1n) is 10.5. The number of hydrogen-bond donors (Lipinski definition) is 1. The lowest BCUT2D eigenvalue weighted by molar-refractivity contribution is 0.0896. The highest BCUT2D eigenvalue weighted by molar-refractivity contribution is 7.71. The fourth-order valence-corrected chi connectivity index (χ4v) is 5.05. The molecular weight excluding hydrogens is 414 g/mol. The maximum Gasteiger partial charge on any atom is 0.251 e. The molecule has 1 saturated carbocycles. The molecule has 0 spiro atoms. The van der Waals surface area contributed by atoms with E-state index in [9.17, 15) is 4.79 Å². The number of nitrogens with one attached hydrogen (secondary N) is 1. The Morgan fingerprint density at radius 1 is 1.10 bits per heavy atom. The van der Waals surface area contributed by atoms with E-state index in [1.807, 2.05) is 35.0 Å². The summed E-state index contributed by atoms with van der Waals surface area (Å²) in [6, 6.07) is 14.3. The Labute approximate surface area is 185 Å². The summed E-state index contributed by atoms with van der Waals surface area (Å²) in [6.07, 6.45) is 4.25. The molecule has 1 aromatic carbocycles. The third kappa shape index (κ3) is 4.12. The zero-order valence-electron chi connectivity index (χ0n) is 16.7. The summed E-state index contributed by atoms with van der Waals surface area (Å²) in [5.41, 5.74) is 0.720. The van der Waals surface area contributed by atoms with Gasteiger partial charge in [-0.1, -0.05) is 24.3 Å². The molecule has 6 nitrogen and oxygen atoms in total. The zero-order valence-corrected chi connectivity index (χ0v) is 18.4. The molecule has 1 aliphatic heterocycles. The molecule has 0 radical (unpaired) electrons. The van der Waals surface area contributed by atoms with Crippen LogP contribution in [0.15, 0.2) is 47.8 Å². The topological polar surface area (TPSA) is 55.1 Å². The van der Waals surface area contributed by atoms with Gasteiger partial charge in [-0.05, 0) is 61.5 Å². The lowest BCUT2D eigenvalue weighted by Gasteiger charge is -2.32. The molecular formula is C22H25N5OS2. The fraction of sp³-hybridized carbons (Fsp3) is 0.409. The molecule has 2 aliphatic rings. The highest BCUT2D eigenvalue weighted by Crippen LogP contribution is 2.39. The monoisotopic (exact) mass is 439 g/mol. The van der Waals surface area contributed by atoms with Gasteiger partial charge in [-0.2, -0.15) is 0 Å². The van der Waals surface area contributed by atoms with Gasteiger partial charge in [0.2, 0.25) is 0 Å². The van der Waals surface area contributed by atoms with Crippen LogP contribution >= 0.6 is 23.6 Å². The van der Waals surface area contributed by atoms with Gasteiger partial charge in [0.05, 0.1) is 11.5 Å². The number of carbonyl (C=O) groups is 1. The van der Waals surface area contributed by atoms with Gasteiger partial charge in [-0.3, -0.25) is 14.3 Å². The Hall–Kier alpha value is -2.29. The second-order valence-corrected chi connectivity index (χ2v) is 9.37. The Morgan fingerprint density at radius 2 is 1.87 bits per heavy atom. The van der Waals surface area contributed by atoms with Crippen molar-refractivity contribution in [3.05, 3.63) is 58.2 Å². The van der Waals surface area contributed by atoms with E-state index < -0.39 is 0 Å². The number of nitrogens with zero attached hydrogens (tertiary/aromatic N) is 4. The average molecular weight is 440 g/mol. The Kier molecular flexibility index (Phi) is 5.54. The van der Waals surface area contributed by atoms with Crippen LogP contribution in [-0.2, 0) is 6.67 Å². The fourth-order valence-electron chi connectivity index (χ4n) is 4.01. The third-order valence-corrected chi connectivity index (χ3v) is 7.09. The van der Waals surface area contributed by atoms with Crippen molar-refractivity contribution in [1.82, 2.24) is 24.6 Å². The summed E-state index contributed by atoms with van der Waals surface area (Å²) < 4.78 is 5.04. The summed E-state index contributed by atoms with van der Waals surface area (Å²) >= 11 is 7.50. The van der Waals surface area contributed by atoms with Crippen LogP contribution in [0.5, 0.6) is 0 Å². The van der Waals surface area contributed by atoms with E-state index in [1.165, 1.54) is 17.7 Å². The minimum atomic E-state index is 0.0139. The van der Waals surface area contributed by atoms with Crippen LogP contribution < -0.4 is 5.32 Å². The van der Waals surface area contributed by atoms with Crippen LogP contribution in [-0.4, -0.2) is 44.3 Å². The van der Waals surface area contributed by atoms with Gasteiger partial charge in [0.15, 0.2) is 10.6 Å². The molecule has 1 N–H and O–H groups in total. The Balaban J connectivity index is 1.22. The molecule has 1 aliphatic carbocycles. The van der Waals surface area contributed by atoms with Gasteiger partial charge in [-0.15, -0.1) is 16.4 Å². The first kappa shape index (κ1) is 19.7. The molecule has 30 heavy (non-hydrogen) atoms. The number of thiophene rings is 1. The lowest BCUT2D eigenvalue weighted by Crippen LogP contribution is -2.45. The van der Waals surface area contributed by atoms with E-state index in [1.54, 1.807) is 11.3 Å². The minimum Gasteiger partial charge on any atom is -0.349 e. The Bertz CT molecular complexity index is 1060. The summed E-state index contributed by atoms with van der Waals surface area (Å²) in [5.74, 6) is 1.02. The largest absolute Gasteiger partial charge is 0.349 e. The molecule has 5 rings (SSSR count). The zero-order chi connectivity index (χ0) is 20.5. The second-order valence-electron chi connectivity index (χ2n) is 8.06. The van der Waals surface area contributed by atoms with E-state index in [0.717, 1.165) is 42.1 Å². The van der Waals surface area contributed by atoms with Crippen molar-refractivity contribution in [2.24, 2.45) is 0 Å². The quantitative estimate of drug-likeness (QED) is 0.581. The van der Waals surface area contributed by atoms with Gasteiger partial charge in [0.1, 0.15) is 0 Å². The lowest BCUT2D eigenvalue weighted by atomic mass is 10.0. The van der Waals surface area contributed by atoms with Gasteiger partial charge >= 0.3 is 0 Å². The molecule has 2 fully saturated rings. The summed E-state index contributed by atoms with van der Waals surface area (Å²) in [7, 11) is 0. The number of rotatable bonds is 6. The SMILES string of the molecule is O=C(NC1CCN(Cn2nc(-c3cccs3)n(C3CC3)c2=S)CC1)c1ccccc1. The van der Waals surface area contributed by atoms with E-state index in [-0.39, 0.29) is 11.9 Å². The number of aromatic nitrogens is 3. The second kappa shape index (κ2) is 8.45. The van der Waals surface area contributed by atoms with Crippen LogP contribution in [0.25, 0.3) is 10.7 Å². The Morgan fingerprint density at radius 3 is 2.53 bits per heavy atom. The molecule has 3 aromatic rings. The third-order valence-electron chi connectivity index (χ3n) is 5.82. The number of piperidine rings is 1. The van der Waals surface area contributed by atoms with Crippen molar-refractivity contribution in [2.75, 3.05) is 13.1 Å². The minimum absolute atomic E-state index is 0.0139. The molecule has 0 bridgehead atoms. The smallest absolute Gasteiger partial charge is 0.251 e. The van der Waals surface area contributed by atoms with Crippen LogP contribution in [0.1, 0.15) is 42.1 Å². The first-order valence-corrected chi connectivity index (χ1v) is 11.8. The van der Waals surface area contributed by atoms with Crippen molar-refractivity contribution in [3.63, 3.8) is 0 Å². The average Bonchev–Trinajstić information content (AvgIpc) is 3.35. The van der Waals surface area contributed by atoms with Crippen molar-refractivity contribution < 1.29 is 4.79 Å². The molecule has 1 amide bonds. The predicted octanol–water partition coefficient (Wildman–Crippen LogP) is 4.33. The normalized spacial score (nSPS) is 17.9. The van der Waals surface area contributed by atoms with E-state index in [0.29, 0.717) is 12.7 Å². The van der Waals surface area contributed by atoms with Crippen molar-refractivity contribution in [2.45, 2.75) is 44.4 Å². The number of carbonyl (C=O) groups excluding carboxylic acids is 1. The highest BCUT2D eigenvalue weighted by Gasteiger charge is 2.30. The number of likely N-dealkylation sites (tertiary alicyclic amines) is 1. The van der Waals surface area contributed by atoms with Gasteiger partial charge in [0.25, 0.3) is 5.91 Å². The van der Waals surface area contributed by atoms with Crippen LogP contribution in [0.4, 0.5) is 0 Å². The standard InChI is InChI=1S/C22H25N5OS2/c28-21(16-5-2-1-3-6-16)23-17-10-12-25(13-11-17)15-26-22(29)27(18-8-9-18)20(24-26)19-7-4-14-30-19/h1-7,14,17-18H,8-13,15H2,(H,23,28). The molecule has 8 heteroatoms. The first-order chi connectivity index (χ1) is 14.7. The number of benzene rings is 1. The van der Waals surface area contributed by atoms with Crippen molar-refractivity contribution >= 4 is 29.5 Å². The van der Waals surface area contributed by atoms with Crippen molar-refractivity contribution in [3.8, 4) is 10.7 Å². The number of hydrogen-bond acceptors (Lipinski definition) is 5. The maximum absolute atomic E-state index is 12.4. The molecule has 0 atom stereocenters. The van der Waals surface area contributed by atoms with Crippen LogP contribution in [0, 0.1) is 4.77 Å². The van der Waals surface area contributed by atoms with E-state index in [2.05, 4.69) is 32.3 Å². The summed E-state index contributed by atoms with van der Waals surface area (Å²) in [4.78, 5) is 16.0. The highest BCUT2D eigenvalue weighted by atomic mass is 32.1. The number of amides is 1. The van der Waals surface area contributed by atoms with E-state index >= 15 is 0 Å². The molecule has 1 saturated heterocycles. The molecule has 3 heterocycles. The summed E-state index contributed by atoms with van der Waals surface area (Å²) in [5, 5.41) is 10.2. The van der Waals surface area contributed by atoms with Gasteiger partial charge < -0.3 is 5.32 Å². The molecule has 2 aromatic heterocycles. The van der Waals surface area contributed by atoms with Gasteiger partial charge in [0, 0.05) is 30.7 Å². The maximum atomic E-state index is 12.4. The summed E-state index contributed by atoms with van der Waals surface area (Å²) in [6.45, 7) is 2.55. The van der Waals surface area contributed by atoms with Crippen LogP contribution in [0.2, 0.25) is 0 Å². The predicted molar refractivity (Wildman–Crippen MR) is 121 cm³/mol. The molecule has 0 unspecified atom stereocenters. The molecule has 156 valence electrons. The van der Waals surface area contributed by atoms with Crippen molar-refractivity contribution in [1.29, 1.82) is 0 Å². The van der Waals surface area contributed by atoms with Crippen LogP contribution in [0.3, 0.4) is 0 Å².